The van der Waals surface area contributed by atoms with E-state index in [4.69, 9.17) is 4.74 Å². The summed E-state index contributed by atoms with van der Waals surface area (Å²) in [6.45, 7) is 1.99. The highest BCUT2D eigenvalue weighted by Crippen LogP contribution is 2.13. The van der Waals surface area contributed by atoms with Crippen LogP contribution >= 0.6 is 0 Å². The average molecular weight is 265 g/mol. The Kier molecular flexibility index (Phi) is 4.57. The van der Waals surface area contributed by atoms with Gasteiger partial charge in [0.05, 0.1) is 12.4 Å². The van der Waals surface area contributed by atoms with Crippen molar-refractivity contribution < 1.29 is 22.7 Å². The molecule has 0 saturated heterocycles. The number of rotatable bonds is 5. The topological polar surface area (TPSA) is 56.1 Å². The Morgan fingerprint density at radius 1 is 1.56 bits per heavy atom. The van der Waals surface area contributed by atoms with Crippen molar-refractivity contribution >= 4 is 5.91 Å². The van der Waals surface area contributed by atoms with Crippen molar-refractivity contribution in [1.82, 2.24) is 15.1 Å². The maximum atomic E-state index is 11.8. The summed E-state index contributed by atoms with van der Waals surface area (Å²) in [5.74, 6) is -0.490. The van der Waals surface area contributed by atoms with Gasteiger partial charge in [-0.15, -0.1) is 0 Å². The minimum Gasteiger partial charge on any atom is -0.480 e. The molecule has 0 unspecified atom stereocenters. The van der Waals surface area contributed by atoms with E-state index in [0.717, 1.165) is 0 Å². The first kappa shape index (κ1) is 14.3. The smallest absolute Gasteiger partial charge is 0.405 e. The van der Waals surface area contributed by atoms with Crippen molar-refractivity contribution in [3.8, 4) is 5.75 Å². The SMILES string of the molecule is CC(C)n1cc(OCC(=O)NCC(F)(F)F)cn1. The van der Waals surface area contributed by atoms with Crippen LogP contribution in [0.1, 0.15) is 19.9 Å². The summed E-state index contributed by atoms with van der Waals surface area (Å²) in [7, 11) is 0. The lowest BCUT2D eigenvalue weighted by molar-refractivity contribution is -0.139. The lowest BCUT2D eigenvalue weighted by Crippen LogP contribution is -2.36. The Hall–Kier alpha value is -1.73. The molecule has 8 heteroatoms. The molecular formula is C10H14F3N3O2. The molecule has 1 aromatic rings. The largest absolute Gasteiger partial charge is 0.480 e. The van der Waals surface area contributed by atoms with E-state index in [9.17, 15) is 18.0 Å². The van der Waals surface area contributed by atoms with Gasteiger partial charge in [0, 0.05) is 6.04 Å². The summed E-state index contributed by atoms with van der Waals surface area (Å²) in [6.07, 6.45) is -1.45. The first-order valence-electron chi connectivity index (χ1n) is 5.28. The van der Waals surface area contributed by atoms with Crippen LogP contribution in [0, 0.1) is 0 Å². The molecule has 18 heavy (non-hydrogen) atoms. The first-order valence-corrected chi connectivity index (χ1v) is 5.28. The molecule has 1 heterocycles. The minimum absolute atomic E-state index is 0.140. The number of hydrogen-bond acceptors (Lipinski definition) is 3. The van der Waals surface area contributed by atoms with Crippen molar-refractivity contribution in [2.75, 3.05) is 13.2 Å². The Morgan fingerprint density at radius 2 is 2.22 bits per heavy atom. The standard InChI is InChI=1S/C10H14F3N3O2/c1-7(2)16-4-8(3-15-16)18-5-9(17)14-6-10(11,12)13/h3-4,7H,5-6H2,1-2H3,(H,14,17). The Labute approximate surface area is 102 Å². The fourth-order valence-electron chi connectivity index (χ4n) is 1.08. The highest BCUT2D eigenvalue weighted by atomic mass is 19.4. The van der Waals surface area contributed by atoms with Crippen LogP contribution in [0.15, 0.2) is 12.4 Å². The summed E-state index contributed by atoms with van der Waals surface area (Å²) in [4.78, 5) is 11.0. The van der Waals surface area contributed by atoms with Gasteiger partial charge in [-0.2, -0.15) is 18.3 Å². The van der Waals surface area contributed by atoms with Gasteiger partial charge in [0.1, 0.15) is 6.54 Å². The van der Waals surface area contributed by atoms with E-state index in [1.54, 1.807) is 16.2 Å². The molecule has 102 valence electrons. The molecule has 0 saturated carbocycles. The van der Waals surface area contributed by atoms with Gasteiger partial charge in [-0.05, 0) is 13.8 Å². The van der Waals surface area contributed by atoms with E-state index in [-0.39, 0.29) is 6.04 Å². The second-order valence-electron chi connectivity index (χ2n) is 3.93. The van der Waals surface area contributed by atoms with Crippen LogP contribution in [-0.2, 0) is 4.79 Å². The molecule has 5 nitrogen and oxygen atoms in total. The number of amides is 1. The zero-order chi connectivity index (χ0) is 13.8. The third kappa shape index (κ3) is 5.07. The number of nitrogens with one attached hydrogen (secondary N) is 1. The first-order chi connectivity index (χ1) is 8.28. The Balaban J connectivity index is 2.33. The zero-order valence-electron chi connectivity index (χ0n) is 9.99. The van der Waals surface area contributed by atoms with Crippen molar-refractivity contribution in [2.24, 2.45) is 0 Å². The van der Waals surface area contributed by atoms with E-state index in [2.05, 4.69) is 5.10 Å². The quantitative estimate of drug-likeness (QED) is 0.878. The summed E-state index contributed by atoms with van der Waals surface area (Å²) in [6, 6.07) is 0.140. The average Bonchev–Trinajstić information content (AvgIpc) is 2.71. The highest BCUT2D eigenvalue weighted by Gasteiger charge is 2.27. The molecule has 0 aliphatic rings. The fraction of sp³-hybridized carbons (Fsp3) is 0.600. The molecular weight excluding hydrogens is 251 g/mol. The number of hydrogen-bond donors (Lipinski definition) is 1. The molecule has 1 amide bonds. The summed E-state index contributed by atoms with van der Waals surface area (Å²) in [5.41, 5.74) is 0. The van der Waals surface area contributed by atoms with E-state index in [1.165, 1.54) is 6.20 Å². The number of halogens is 3. The Bertz CT molecular complexity index is 401. The second kappa shape index (κ2) is 5.74. The monoisotopic (exact) mass is 265 g/mol. The molecule has 0 radical (unpaired) electrons. The maximum Gasteiger partial charge on any atom is 0.405 e. The molecule has 1 rings (SSSR count). The van der Waals surface area contributed by atoms with Crippen LogP contribution < -0.4 is 10.1 Å². The molecule has 0 aromatic carbocycles. The Morgan fingerprint density at radius 3 is 2.72 bits per heavy atom. The highest BCUT2D eigenvalue weighted by molar-refractivity contribution is 5.77. The lowest BCUT2D eigenvalue weighted by atomic mass is 10.4. The van der Waals surface area contributed by atoms with Gasteiger partial charge in [0.2, 0.25) is 0 Å². The van der Waals surface area contributed by atoms with Crippen molar-refractivity contribution in [3.63, 3.8) is 0 Å². The number of nitrogens with zero attached hydrogens (tertiary/aromatic N) is 2. The molecule has 1 aromatic heterocycles. The molecule has 0 fully saturated rings. The van der Waals surface area contributed by atoms with E-state index >= 15 is 0 Å². The van der Waals surface area contributed by atoms with Crippen molar-refractivity contribution in [3.05, 3.63) is 12.4 Å². The van der Waals surface area contributed by atoms with Gasteiger partial charge in [0.25, 0.3) is 5.91 Å². The van der Waals surface area contributed by atoms with Gasteiger partial charge in [-0.3, -0.25) is 9.48 Å². The second-order valence-corrected chi connectivity index (χ2v) is 3.93. The number of carbonyl (C=O) groups excluding carboxylic acids is 1. The number of carbonyl (C=O) groups is 1. The molecule has 0 bridgehead atoms. The summed E-state index contributed by atoms with van der Waals surface area (Å²) >= 11 is 0. The predicted octanol–water partition coefficient (Wildman–Crippen LogP) is 1.52. The predicted molar refractivity (Wildman–Crippen MR) is 57.2 cm³/mol. The van der Waals surface area contributed by atoms with E-state index < -0.39 is 25.2 Å². The van der Waals surface area contributed by atoms with Crippen LogP contribution in [0.3, 0.4) is 0 Å². The van der Waals surface area contributed by atoms with Crippen LogP contribution in [0.25, 0.3) is 0 Å². The van der Waals surface area contributed by atoms with Crippen molar-refractivity contribution in [1.29, 1.82) is 0 Å². The minimum atomic E-state index is -4.42. The van der Waals surface area contributed by atoms with E-state index in [1.807, 2.05) is 13.8 Å². The molecule has 0 aliphatic heterocycles. The third-order valence-electron chi connectivity index (χ3n) is 1.96. The van der Waals surface area contributed by atoms with Crippen LogP contribution in [0.4, 0.5) is 13.2 Å². The fourth-order valence-corrected chi connectivity index (χ4v) is 1.08. The maximum absolute atomic E-state index is 11.8. The number of ether oxygens (including phenoxy) is 1. The van der Waals surface area contributed by atoms with Crippen LogP contribution in [0.5, 0.6) is 5.75 Å². The number of alkyl halides is 3. The van der Waals surface area contributed by atoms with Crippen LogP contribution in [-0.4, -0.2) is 35.0 Å². The molecule has 0 spiro atoms. The van der Waals surface area contributed by atoms with Gasteiger partial charge in [-0.25, -0.2) is 0 Å². The van der Waals surface area contributed by atoms with Gasteiger partial charge >= 0.3 is 6.18 Å². The van der Waals surface area contributed by atoms with E-state index in [0.29, 0.717) is 5.75 Å². The zero-order valence-corrected chi connectivity index (χ0v) is 9.99. The lowest BCUT2D eigenvalue weighted by Gasteiger charge is -2.08. The molecule has 0 aliphatic carbocycles. The van der Waals surface area contributed by atoms with Gasteiger partial charge in [-0.1, -0.05) is 0 Å². The van der Waals surface area contributed by atoms with Crippen LogP contribution in [0.2, 0.25) is 0 Å². The molecule has 0 atom stereocenters. The molecule has 1 N–H and O–H groups in total. The third-order valence-corrected chi connectivity index (χ3v) is 1.96. The van der Waals surface area contributed by atoms with Gasteiger partial charge < -0.3 is 10.1 Å². The summed E-state index contributed by atoms with van der Waals surface area (Å²) in [5, 5.41) is 5.67. The van der Waals surface area contributed by atoms with Gasteiger partial charge in [0.15, 0.2) is 12.4 Å². The normalized spacial score (nSPS) is 11.7. The van der Waals surface area contributed by atoms with Crippen molar-refractivity contribution in [2.45, 2.75) is 26.1 Å². The summed E-state index contributed by atoms with van der Waals surface area (Å²) < 4.78 is 42.0. The number of aromatic nitrogens is 2.